The van der Waals surface area contributed by atoms with E-state index in [-0.39, 0.29) is 33.8 Å². The molecule has 0 amide bonds. The lowest BCUT2D eigenvalue weighted by Gasteiger charge is -2.29. The molecule has 2 saturated heterocycles. The second kappa shape index (κ2) is 9.45. The van der Waals surface area contributed by atoms with Gasteiger partial charge < -0.3 is 20.1 Å². The third-order valence-corrected chi connectivity index (χ3v) is 8.63. The molecule has 2 aliphatic heterocycles. The largest absolute Gasteiger partial charge is 0.462 e. The smallest absolute Gasteiger partial charge is 0.333 e. The Bertz CT molecular complexity index is 1550. The molecule has 11 nitrogen and oxygen atoms in total. The van der Waals surface area contributed by atoms with E-state index in [2.05, 4.69) is 11.9 Å². The molecule has 3 aromatic rings. The molecule has 2 aliphatic rings. The molecule has 2 unspecified atom stereocenters. The molecule has 2 aromatic carbocycles. The Morgan fingerprint density at radius 3 is 2.59 bits per heavy atom. The van der Waals surface area contributed by atoms with Gasteiger partial charge in [0.15, 0.2) is 0 Å². The summed E-state index contributed by atoms with van der Waals surface area (Å²) in [6.45, 7) is 6.00. The van der Waals surface area contributed by atoms with Gasteiger partial charge in [0, 0.05) is 60.0 Å². The fourth-order valence-electron chi connectivity index (χ4n) is 4.74. The maximum Gasteiger partial charge on any atom is 0.333 e. The van der Waals surface area contributed by atoms with Gasteiger partial charge in [-0.15, -0.1) is 0 Å². The highest BCUT2D eigenvalue weighted by Crippen LogP contribution is 2.39. The number of fused-ring (bicyclic) bond motifs is 1. The number of piperazine rings is 1. The SMILES string of the molecule is C=C1C(=O)OCC1C(O)c1cn(S(=O)(=O)c2ccc(N3CCNCC3)c([N+](=O)[O-])c2)c2ccc(Cl)cc12. The van der Waals surface area contributed by atoms with Gasteiger partial charge in [-0.2, -0.15) is 0 Å². The number of benzene rings is 2. The quantitative estimate of drug-likeness (QED) is 0.206. The molecule has 0 bridgehead atoms. The minimum atomic E-state index is -4.34. The van der Waals surface area contributed by atoms with Gasteiger partial charge in [-0.05, 0) is 30.3 Å². The number of carbonyl (C=O) groups excluding carboxylic acids is 1. The summed E-state index contributed by atoms with van der Waals surface area (Å²) < 4.78 is 33.5. The first-order chi connectivity index (χ1) is 17.6. The number of aromatic nitrogens is 1. The highest BCUT2D eigenvalue weighted by molar-refractivity contribution is 7.90. The van der Waals surface area contributed by atoms with Crippen LogP contribution in [0.25, 0.3) is 10.9 Å². The Kier molecular flexibility index (Phi) is 6.44. The summed E-state index contributed by atoms with van der Waals surface area (Å²) in [7, 11) is -4.34. The Morgan fingerprint density at radius 1 is 1.22 bits per heavy atom. The van der Waals surface area contributed by atoms with Crippen LogP contribution < -0.4 is 10.2 Å². The van der Waals surface area contributed by atoms with E-state index in [9.17, 15) is 28.4 Å². The van der Waals surface area contributed by atoms with Gasteiger partial charge in [0.05, 0.1) is 27.4 Å². The van der Waals surface area contributed by atoms with E-state index in [0.717, 1.165) is 10.0 Å². The Morgan fingerprint density at radius 2 is 1.95 bits per heavy atom. The van der Waals surface area contributed by atoms with Crippen LogP contribution in [0.2, 0.25) is 5.02 Å². The van der Waals surface area contributed by atoms with Crippen molar-refractivity contribution in [3.63, 3.8) is 0 Å². The van der Waals surface area contributed by atoms with Crippen LogP contribution in [0.5, 0.6) is 0 Å². The average Bonchev–Trinajstić information content (AvgIpc) is 3.43. The van der Waals surface area contributed by atoms with Gasteiger partial charge in [-0.1, -0.05) is 18.2 Å². The molecule has 3 heterocycles. The number of anilines is 1. The zero-order chi connectivity index (χ0) is 26.5. The van der Waals surface area contributed by atoms with Crippen molar-refractivity contribution in [2.24, 2.45) is 5.92 Å². The third-order valence-electron chi connectivity index (χ3n) is 6.72. The van der Waals surface area contributed by atoms with Gasteiger partial charge in [0.2, 0.25) is 0 Å². The maximum atomic E-state index is 13.8. The number of nitro groups is 1. The molecule has 0 saturated carbocycles. The van der Waals surface area contributed by atoms with Crippen LogP contribution in [0.4, 0.5) is 11.4 Å². The molecule has 13 heteroatoms. The van der Waals surface area contributed by atoms with E-state index in [1.54, 1.807) is 0 Å². The molecular formula is C24H23ClN4O7S. The highest BCUT2D eigenvalue weighted by atomic mass is 35.5. The molecule has 1 aromatic heterocycles. The number of nitro benzene ring substituents is 1. The van der Waals surface area contributed by atoms with Crippen LogP contribution in [0.3, 0.4) is 0 Å². The van der Waals surface area contributed by atoms with E-state index in [1.807, 2.05) is 4.90 Å². The third kappa shape index (κ3) is 4.35. The lowest BCUT2D eigenvalue weighted by molar-refractivity contribution is -0.384. The lowest BCUT2D eigenvalue weighted by atomic mass is 9.92. The zero-order valence-corrected chi connectivity index (χ0v) is 21.0. The van der Waals surface area contributed by atoms with E-state index in [1.165, 1.54) is 36.5 Å². The molecular weight excluding hydrogens is 524 g/mol. The first-order valence-corrected chi connectivity index (χ1v) is 13.3. The number of aliphatic hydroxyl groups excluding tert-OH is 1. The summed E-state index contributed by atoms with van der Waals surface area (Å²) in [5.41, 5.74) is 0.522. The van der Waals surface area contributed by atoms with Crippen LogP contribution in [-0.4, -0.2) is 61.2 Å². The first kappa shape index (κ1) is 25.2. The van der Waals surface area contributed by atoms with Crippen LogP contribution in [0, 0.1) is 16.0 Å². The summed E-state index contributed by atoms with van der Waals surface area (Å²) in [4.78, 5) is 24.7. The summed E-state index contributed by atoms with van der Waals surface area (Å²) in [5, 5.41) is 26.8. The van der Waals surface area contributed by atoms with Gasteiger partial charge in [0.1, 0.15) is 12.3 Å². The monoisotopic (exact) mass is 546 g/mol. The number of esters is 1. The fourth-order valence-corrected chi connectivity index (χ4v) is 6.31. The Hall–Kier alpha value is -3.45. The summed E-state index contributed by atoms with van der Waals surface area (Å²) >= 11 is 6.17. The van der Waals surface area contributed by atoms with Crippen molar-refractivity contribution >= 4 is 49.9 Å². The van der Waals surface area contributed by atoms with Crippen LogP contribution in [-0.2, 0) is 19.6 Å². The Balaban J connectivity index is 1.62. The fraction of sp³-hybridized carbons (Fsp3) is 0.292. The summed E-state index contributed by atoms with van der Waals surface area (Å²) in [6, 6.07) is 8.33. The van der Waals surface area contributed by atoms with Gasteiger partial charge in [-0.3, -0.25) is 10.1 Å². The number of hydrogen-bond acceptors (Lipinski definition) is 9. The minimum absolute atomic E-state index is 0.0809. The molecule has 0 radical (unpaired) electrons. The molecule has 37 heavy (non-hydrogen) atoms. The molecule has 5 rings (SSSR count). The van der Waals surface area contributed by atoms with Crippen molar-refractivity contribution < 1.29 is 28.0 Å². The summed E-state index contributed by atoms with van der Waals surface area (Å²) in [6.07, 6.45) is -0.0616. The second-order valence-corrected chi connectivity index (χ2v) is 11.1. The maximum absolute atomic E-state index is 13.8. The number of carbonyl (C=O) groups is 1. The van der Waals surface area contributed by atoms with E-state index in [0.29, 0.717) is 42.3 Å². The van der Waals surface area contributed by atoms with E-state index >= 15 is 0 Å². The van der Waals surface area contributed by atoms with Crippen molar-refractivity contribution in [2.45, 2.75) is 11.0 Å². The molecule has 0 spiro atoms. The topological polar surface area (TPSA) is 144 Å². The molecule has 0 aliphatic carbocycles. The Labute approximate surface area is 217 Å². The molecule has 194 valence electrons. The van der Waals surface area contributed by atoms with Crippen molar-refractivity contribution in [1.82, 2.24) is 9.29 Å². The number of ether oxygens (including phenoxy) is 1. The lowest BCUT2D eigenvalue weighted by Crippen LogP contribution is -2.43. The van der Waals surface area contributed by atoms with Crippen LogP contribution in [0.1, 0.15) is 11.7 Å². The number of nitrogens with one attached hydrogen (secondary N) is 1. The standard InChI is InChI=1S/C24H23ClN4O7S/c1-14-19(13-36-24(14)31)23(30)18-12-28(20-4-2-15(25)10-17(18)20)37(34,35)16-3-5-21(22(11-16)29(32)33)27-8-6-26-7-9-27/h2-5,10-12,19,23,26,30H,1,6-9,13H2. The second-order valence-electron chi connectivity index (χ2n) is 8.87. The van der Waals surface area contributed by atoms with Gasteiger partial charge >= 0.3 is 5.97 Å². The van der Waals surface area contributed by atoms with Crippen molar-refractivity contribution in [3.8, 4) is 0 Å². The first-order valence-electron chi connectivity index (χ1n) is 11.4. The van der Waals surface area contributed by atoms with Crippen LogP contribution >= 0.6 is 11.6 Å². The van der Waals surface area contributed by atoms with Crippen molar-refractivity contribution in [3.05, 3.63) is 75.4 Å². The summed E-state index contributed by atoms with van der Waals surface area (Å²) in [5.74, 6) is -1.40. The predicted octanol–water partition coefficient (Wildman–Crippen LogP) is 2.61. The minimum Gasteiger partial charge on any atom is -0.462 e. The molecule has 2 fully saturated rings. The number of hydrogen-bond donors (Lipinski definition) is 2. The van der Waals surface area contributed by atoms with Crippen molar-refractivity contribution in [2.75, 3.05) is 37.7 Å². The predicted molar refractivity (Wildman–Crippen MR) is 136 cm³/mol. The normalized spacial score (nSPS) is 19.3. The average molecular weight is 547 g/mol. The number of aliphatic hydroxyl groups is 1. The van der Waals surface area contributed by atoms with Gasteiger partial charge in [-0.25, -0.2) is 17.2 Å². The van der Waals surface area contributed by atoms with E-state index < -0.39 is 32.9 Å². The number of halogens is 1. The number of nitrogens with zero attached hydrogens (tertiary/aromatic N) is 3. The number of cyclic esters (lactones) is 1. The number of rotatable bonds is 6. The zero-order valence-electron chi connectivity index (χ0n) is 19.5. The molecule has 2 atom stereocenters. The highest BCUT2D eigenvalue weighted by Gasteiger charge is 2.37. The van der Waals surface area contributed by atoms with Gasteiger partial charge in [0.25, 0.3) is 15.7 Å². The van der Waals surface area contributed by atoms with Crippen LogP contribution in [0.15, 0.2) is 59.6 Å². The molecule has 2 N–H and O–H groups in total. The van der Waals surface area contributed by atoms with Crippen molar-refractivity contribution in [1.29, 1.82) is 0 Å². The van der Waals surface area contributed by atoms with E-state index in [4.69, 9.17) is 16.3 Å².